The van der Waals surface area contributed by atoms with Crippen LogP contribution in [0.4, 0.5) is 5.13 Å². The van der Waals surface area contributed by atoms with E-state index >= 15 is 0 Å². The van der Waals surface area contributed by atoms with Gasteiger partial charge < -0.3 is 14.8 Å². The van der Waals surface area contributed by atoms with Gasteiger partial charge in [-0.15, -0.1) is 11.3 Å². The molecule has 2 aromatic rings. The lowest BCUT2D eigenvalue weighted by Gasteiger charge is -2.10. The molecule has 1 heterocycles. The molecule has 0 aliphatic heterocycles. The van der Waals surface area contributed by atoms with Crippen LogP contribution in [0, 0.1) is 0 Å². The number of methoxy groups -OCH3 is 2. The number of rotatable bonds is 6. The number of halogens is 1. The second-order valence-electron chi connectivity index (χ2n) is 4.17. The molecular weight excluding hydrogens is 312 g/mol. The van der Waals surface area contributed by atoms with Crippen LogP contribution in [0.15, 0.2) is 23.6 Å². The smallest absolute Gasteiger partial charge is 0.311 e. The zero-order chi connectivity index (χ0) is 15.2. The fraction of sp³-hybridized carbons (Fsp3) is 0.286. The van der Waals surface area contributed by atoms with Crippen LogP contribution in [0.2, 0.25) is 5.02 Å². The van der Waals surface area contributed by atoms with E-state index in [9.17, 15) is 4.79 Å². The summed E-state index contributed by atoms with van der Waals surface area (Å²) in [5, 5.41) is 6.35. The Morgan fingerprint density at radius 2 is 2.24 bits per heavy atom. The Kier molecular flexibility index (Phi) is 5.41. The third kappa shape index (κ3) is 4.09. The molecule has 1 aromatic heterocycles. The maximum Gasteiger partial charge on any atom is 0.311 e. The van der Waals surface area contributed by atoms with Crippen molar-refractivity contribution in [3.63, 3.8) is 0 Å². The Labute approximate surface area is 131 Å². The summed E-state index contributed by atoms with van der Waals surface area (Å²) < 4.78 is 9.89. The van der Waals surface area contributed by atoms with E-state index in [2.05, 4.69) is 15.0 Å². The minimum absolute atomic E-state index is 0.171. The summed E-state index contributed by atoms with van der Waals surface area (Å²) in [4.78, 5) is 15.5. The van der Waals surface area contributed by atoms with Gasteiger partial charge in [0, 0.05) is 22.5 Å². The summed E-state index contributed by atoms with van der Waals surface area (Å²) in [5.41, 5.74) is 1.55. The van der Waals surface area contributed by atoms with Crippen molar-refractivity contribution in [2.75, 3.05) is 19.5 Å². The van der Waals surface area contributed by atoms with E-state index in [0.29, 0.717) is 17.3 Å². The van der Waals surface area contributed by atoms with E-state index < -0.39 is 0 Å². The van der Waals surface area contributed by atoms with Crippen molar-refractivity contribution in [1.29, 1.82) is 0 Å². The predicted octanol–water partition coefficient (Wildman–Crippen LogP) is 3.13. The van der Waals surface area contributed by atoms with Gasteiger partial charge in [0.05, 0.1) is 26.3 Å². The lowest BCUT2D eigenvalue weighted by atomic mass is 10.2. The summed E-state index contributed by atoms with van der Waals surface area (Å²) in [5.74, 6) is 0.418. The van der Waals surface area contributed by atoms with Crippen LogP contribution in [-0.2, 0) is 22.5 Å². The van der Waals surface area contributed by atoms with Crippen LogP contribution in [0.1, 0.15) is 11.3 Å². The van der Waals surface area contributed by atoms with Crippen LogP contribution in [0.5, 0.6) is 5.75 Å². The summed E-state index contributed by atoms with van der Waals surface area (Å²) in [6.45, 7) is 0.494. The summed E-state index contributed by atoms with van der Waals surface area (Å²) in [6.07, 6.45) is 0.171. The van der Waals surface area contributed by atoms with Crippen LogP contribution >= 0.6 is 22.9 Å². The number of aromatic nitrogens is 1. The minimum Gasteiger partial charge on any atom is -0.496 e. The van der Waals surface area contributed by atoms with E-state index in [1.807, 2.05) is 23.6 Å². The molecule has 5 nitrogen and oxygen atoms in total. The van der Waals surface area contributed by atoms with Gasteiger partial charge in [0.15, 0.2) is 5.13 Å². The zero-order valence-electron chi connectivity index (χ0n) is 11.7. The van der Waals surface area contributed by atoms with Crippen molar-refractivity contribution in [3.8, 4) is 5.75 Å². The number of nitrogens with zero attached hydrogens (tertiary/aromatic N) is 1. The van der Waals surface area contributed by atoms with Crippen LogP contribution in [0.25, 0.3) is 0 Å². The van der Waals surface area contributed by atoms with E-state index in [1.54, 1.807) is 7.11 Å². The van der Waals surface area contributed by atoms with E-state index in [-0.39, 0.29) is 12.4 Å². The largest absolute Gasteiger partial charge is 0.496 e. The lowest BCUT2D eigenvalue weighted by molar-refractivity contribution is -0.139. The van der Waals surface area contributed by atoms with E-state index in [1.165, 1.54) is 18.4 Å². The number of nitrogens with one attached hydrogen (secondary N) is 1. The molecular formula is C14H15ClN2O3S. The first-order chi connectivity index (χ1) is 10.1. The molecule has 0 bridgehead atoms. The van der Waals surface area contributed by atoms with Gasteiger partial charge in [0.2, 0.25) is 0 Å². The number of carbonyl (C=O) groups excluding carboxylic acids is 1. The predicted molar refractivity (Wildman–Crippen MR) is 83.2 cm³/mol. The quantitative estimate of drug-likeness (QED) is 0.826. The number of esters is 1. The molecule has 2 rings (SSSR count). The maximum atomic E-state index is 11.2. The second kappa shape index (κ2) is 7.28. The summed E-state index contributed by atoms with van der Waals surface area (Å²) >= 11 is 7.60. The van der Waals surface area contributed by atoms with Crippen molar-refractivity contribution in [2.45, 2.75) is 13.0 Å². The Morgan fingerprint density at radius 3 is 2.95 bits per heavy atom. The highest BCUT2D eigenvalue weighted by atomic mass is 35.5. The lowest BCUT2D eigenvalue weighted by Crippen LogP contribution is -2.05. The van der Waals surface area contributed by atoms with Gasteiger partial charge in [-0.05, 0) is 12.1 Å². The van der Waals surface area contributed by atoms with Crippen molar-refractivity contribution < 1.29 is 14.3 Å². The number of ether oxygens (including phenoxy) is 2. The molecule has 0 fully saturated rings. The number of benzene rings is 1. The van der Waals surface area contributed by atoms with Gasteiger partial charge >= 0.3 is 5.97 Å². The Bertz CT molecular complexity index is 630. The normalized spacial score (nSPS) is 10.2. The molecule has 1 aromatic carbocycles. The van der Waals surface area contributed by atoms with E-state index in [4.69, 9.17) is 16.3 Å². The first-order valence-corrected chi connectivity index (χ1v) is 7.46. The Balaban J connectivity index is 2.02. The first kappa shape index (κ1) is 15.6. The second-order valence-corrected chi connectivity index (χ2v) is 5.44. The minimum atomic E-state index is -0.306. The number of hydrogen-bond donors (Lipinski definition) is 1. The monoisotopic (exact) mass is 326 g/mol. The topological polar surface area (TPSA) is 60.5 Å². The molecule has 0 aliphatic carbocycles. The number of hydrogen-bond acceptors (Lipinski definition) is 6. The highest BCUT2D eigenvalue weighted by molar-refractivity contribution is 7.13. The van der Waals surface area contributed by atoms with Crippen molar-refractivity contribution in [2.24, 2.45) is 0 Å². The molecule has 0 spiro atoms. The average molecular weight is 327 g/mol. The van der Waals surface area contributed by atoms with Crippen LogP contribution in [-0.4, -0.2) is 25.2 Å². The standard InChI is InChI=1S/C14H15ClN2O3S/c1-19-12-5-3-4-11(15)10(12)7-16-14-17-9(8-21-14)6-13(18)20-2/h3-5,8H,6-7H2,1-2H3,(H,16,17). The molecule has 0 aliphatic rings. The third-order valence-corrected chi connectivity index (χ3v) is 4.02. The van der Waals surface area contributed by atoms with Gasteiger partial charge in [-0.25, -0.2) is 4.98 Å². The molecule has 7 heteroatoms. The van der Waals surface area contributed by atoms with Crippen molar-refractivity contribution in [1.82, 2.24) is 4.98 Å². The average Bonchev–Trinajstić information content (AvgIpc) is 2.93. The molecule has 1 N–H and O–H groups in total. The molecule has 0 radical (unpaired) electrons. The highest BCUT2D eigenvalue weighted by Crippen LogP contribution is 2.27. The summed E-state index contributed by atoms with van der Waals surface area (Å²) in [7, 11) is 2.96. The van der Waals surface area contributed by atoms with Gasteiger partial charge in [-0.2, -0.15) is 0 Å². The molecule has 0 saturated heterocycles. The molecule has 21 heavy (non-hydrogen) atoms. The van der Waals surface area contributed by atoms with Gasteiger partial charge in [-0.1, -0.05) is 17.7 Å². The SMILES string of the molecule is COC(=O)Cc1csc(NCc2c(Cl)cccc2OC)n1. The fourth-order valence-corrected chi connectivity index (χ4v) is 2.70. The zero-order valence-corrected chi connectivity index (χ0v) is 13.3. The molecule has 0 atom stereocenters. The first-order valence-electron chi connectivity index (χ1n) is 6.20. The van der Waals surface area contributed by atoms with Crippen molar-refractivity contribution >= 4 is 34.0 Å². The van der Waals surface area contributed by atoms with Crippen LogP contribution in [0.3, 0.4) is 0 Å². The highest BCUT2D eigenvalue weighted by Gasteiger charge is 2.10. The molecule has 0 unspecified atom stereocenters. The van der Waals surface area contributed by atoms with Gasteiger partial charge in [0.1, 0.15) is 5.75 Å². The maximum absolute atomic E-state index is 11.2. The van der Waals surface area contributed by atoms with Crippen molar-refractivity contribution in [3.05, 3.63) is 39.9 Å². The molecule has 112 valence electrons. The van der Waals surface area contributed by atoms with Gasteiger partial charge in [0.25, 0.3) is 0 Å². The molecule has 0 saturated carbocycles. The number of thiazole rings is 1. The number of anilines is 1. The summed E-state index contributed by atoms with van der Waals surface area (Å²) in [6, 6.07) is 5.50. The number of carbonyl (C=O) groups is 1. The third-order valence-electron chi connectivity index (χ3n) is 2.82. The van der Waals surface area contributed by atoms with Gasteiger partial charge in [-0.3, -0.25) is 4.79 Å². The van der Waals surface area contributed by atoms with Crippen LogP contribution < -0.4 is 10.1 Å². The molecule has 0 amide bonds. The Morgan fingerprint density at radius 1 is 1.43 bits per heavy atom. The fourth-order valence-electron chi connectivity index (χ4n) is 1.76. The Hall–Kier alpha value is -1.79. The van der Waals surface area contributed by atoms with E-state index in [0.717, 1.165) is 16.4 Å².